The van der Waals surface area contributed by atoms with Gasteiger partial charge in [-0.3, -0.25) is 10.2 Å². The van der Waals surface area contributed by atoms with Crippen LogP contribution < -0.4 is 5.73 Å². The molecule has 0 aromatic heterocycles. The van der Waals surface area contributed by atoms with Crippen LogP contribution in [0.2, 0.25) is 0 Å². The summed E-state index contributed by atoms with van der Waals surface area (Å²) in [6.45, 7) is 4.75. The highest BCUT2D eigenvalue weighted by atomic mass is 35.5. The fourth-order valence-corrected chi connectivity index (χ4v) is 3.83. The van der Waals surface area contributed by atoms with E-state index in [2.05, 4.69) is 5.92 Å². The van der Waals surface area contributed by atoms with Gasteiger partial charge in [-0.05, 0) is 19.8 Å². The van der Waals surface area contributed by atoms with Crippen molar-refractivity contribution in [3.8, 4) is 12.3 Å². The van der Waals surface area contributed by atoms with Crippen molar-refractivity contribution < 1.29 is 22.4 Å². The van der Waals surface area contributed by atoms with E-state index in [1.54, 1.807) is 0 Å². The van der Waals surface area contributed by atoms with E-state index < -0.39 is 29.9 Å². The molecule has 0 spiro atoms. The molecule has 22 heavy (non-hydrogen) atoms. The van der Waals surface area contributed by atoms with Gasteiger partial charge in [0, 0.05) is 0 Å². The zero-order valence-corrected chi connectivity index (χ0v) is 13.8. The highest BCUT2D eigenvalue weighted by Crippen LogP contribution is 2.44. The Morgan fingerprint density at radius 2 is 2.05 bits per heavy atom. The Bertz CT molecular complexity index is 399. The average molecular weight is 342 g/mol. The van der Waals surface area contributed by atoms with Crippen LogP contribution in [0.3, 0.4) is 0 Å². The van der Waals surface area contributed by atoms with Crippen LogP contribution in [-0.4, -0.2) is 48.1 Å². The van der Waals surface area contributed by atoms with Gasteiger partial charge >= 0.3 is 6.18 Å². The van der Waals surface area contributed by atoms with Crippen LogP contribution in [0, 0.1) is 18.3 Å². The summed E-state index contributed by atoms with van der Waals surface area (Å²) in [6.07, 6.45) is 0.525. The minimum Gasteiger partial charge on any atom is -0.315 e. The zero-order chi connectivity index (χ0) is 17.0. The quantitative estimate of drug-likeness (QED) is 0.458. The summed E-state index contributed by atoms with van der Waals surface area (Å²) in [5, 5.41) is -0.767. The third kappa shape index (κ3) is 3.88. The molecule has 0 radical (unpaired) electrons. The maximum Gasteiger partial charge on any atom is 0.398 e. The second kappa shape index (κ2) is 7.87. The Kier molecular flexibility index (Phi) is 7.00. The molecule has 1 aliphatic heterocycles. The zero-order valence-electron chi connectivity index (χ0n) is 13.1. The summed E-state index contributed by atoms with van der Waals surface area (Å²) in [7, 11) is 0. The first-order valence-corrected chi connectivity index (χ1v) is 8.06. The molecule has 0 bridgehead atoms. The molecular weight excluding hydrogens is 317 g/mol. The van der Waals surface area contributed by atoms with Crippen LogP contribution in [0.4, 0.5) is 13.2 Å². The Morgan fingerprint density at radius 3 is 2.50 bits per heavy atom. The Morgan fingerprint density at radius 1 is 1.41 bits per heavy atom. The number of unbranched alkanes of at least 4 members (excludes halogenated alkanes) is 1. The number of ether oxygens (including phenoxy) is 1. The number of halogens is 4. The molecule has 1 rings (SSSR count). The molecule has 128 valence electrons. The lowest BCUT2D eigenvalue weighted by atomic mass is 9.89. The minimum atomic E-state index is -4.37. The van der Waals surface area contributed by atoms with Gasteiger partial charge in [-0.2, -0.15) is 13.2 Å². The van der Waals surface area contributed by atoms with Crippen molar-refractivity contribution >= 4 is 11.6 Å². The van der Waals surface area contributed by atoms with Crippen molar-refractivity contribution in [3.05, 3.63) is 0 Å². The molecule has 5 unspecified atom stereocenters. The fraction of sp³-hybridized carbons (Fsp3) is 0.867. The van der Waals surface area contributed by atoms with Gasteiger partial charge in [0.1, 0.15) is 17.9 Å². The molecule has 2 N–H and O–H groups in total. The number of nitrogens with zero attached hydrogens (tertiary/aromatic N) is 1. The van der Waals surface area contributed by atoms with Crippen LogP contribution in [0.1, 0.15) is 33.1 Å². The van der Waals surface area contributed by atoms with E-state index in [0.29, 0.717) is 13.1 Å². The first-order valence-electron chi connectivity index (χ1n) is 7.62. The second-order valence-electron chi connectivity index (χ2n) is 5.79. The number of alkyl halides is 4. The molecule has 5 atom stereocenters. The van der Waals surface area contributed by atoms with Crippen molar-refractivity contribution in [3.63, 3.8) is 0 Å². The normalized spacial score (nSPS) is 36.1. The molecule has 1 saturated heterocycles. The number of likely N-dealkylation sites (tertiary alicyclic amines) is 1. The van der Waals surface area contributed by atoms with Crippen molar-refractivity contribution in [2.45, 2.75) is 57.1 Å². The molecule has 0 amide bonds. The van der Waals surface area contributed by atoms with Crippen molar-refractivity contribution in [2.75, 3.05) is 19.7 Å². The number of hydrogen-bond acceptors (Lipinski definition) is 2. The van der Waals surface area contributed by atoms with E-state index >= 15 is 0 Å². The lowest BCUT2D eigenvalue weighted by Crippen LogP contribution is -2.74. The van der Waals surface area contributed by atoms with Gasteiger partial charge in [0.2, 0.25) is 6.23 Å². The van der Waals surface area contributed by atoms with E-state index in [0.717, 1.165) is 12.8 Å². The number of rotatable bonds is 6. The predicted octanol–water partition coefficient (Wildman–Crippen LogP) is 3.07. The monoisotopic (exact) mass is 341 g/mol. The van der Waals surface area contributed by atoms with Gasteiger partial charge in [0.15, 0.2) is 6.17 Å². The Hall–Kier alpha value is -0.480. The molecule has 0 aromatic rings. The molecule has 0 saturated carbocycles. The van der Waals surface area contributed by atoms with Crippen molar-refractivity contribution in [2.24, 2.45) is 11.7 Å². The summed E-state index contributed by atoms with van der Waals surface area (Å²) in [5.74, 6) is 0.729. The number of hydrogen-bond donors (Lipinski definition) is 1. The summed E-state index contributed by atoms with van der Waals surface area (Å²) in [6, 6.07) is 0. The van der Waals surface area contributed by atoms with Crippen LogP contribution in [0.5, 0.6) is 0 Å². The SMILES string of the molecule is C#CCOC1C(Cl)CC(C(F)(F)F)C(N)[N+]1(CC)CCCC. The van der Waals surface area contributed by atoms with Gasteiger partial charge in [-0.25, -0.2) is 0 Å². The molecule has 1 fully saturated rings. The summed E-state index contributed by atoms with van der Waals surface area (Å²) >= 11 is 6.26. The van der Waals surface area contributed by atoms with Crippen molar-refractivity contribution in [1.82, 2.24) is 0 Å². The summed E-state index contributed by atoms with van der Waals surface area (Å²) in [4.78, 5) is 0. The average Bonchev–Trinajstić information content (AvgIpc) is 2.45. The van der Waals surface area contributed by atoms with Gasteiger partial charge in [0.25, 0.3) is 0 Å². The maximum absolute atomic E-state index is 13.3. The highest BCUT2D eigenvalue weighted by molar-refractivity contribution is 6.21. The van der Waals surface area contributed by atoms with E-state index in [1.807, 2.05) is 13.8 Å². The first-order chi connectivity index (χ1) is 10.2. The molecule has 1 aliphatic rings. The van der Waals surface area contributed by atoms with E-state index in [9.17, 15) is 13.2 Å². The number of nitrogens with two attached hydrogens (primary N) is 1. The van der Waals surface area contributed by atoms with Crippen LogP contribution in [0.15, 0.2) is 0 Å². The standard InChI is InChI=1S/C15H25ClF3N2O/c1-4-7-8-21(6-3)13(20)11(15(17,18)19)10-12(16)14(21)22-9-5-2/h2,11-14H,4,6-10,20H2,1,3H3/q+1. The lowest BCUT2D eigenvalue weighted by Gasteiger charge is -2.54. The molecule has 0 aliphatic carbocycles. The second-order valence-corrected chi connectivity index (χ2v) is 6.35. The smallest absolute Gasteiger partial charge is 0.315 e. The predicted molar refractivity (Wildman–Crippen MR) is 80.9 cm³/mol. The van der Waals surface area contributed by atoms with Gasteiger partial charge < -0.3 is 4.74 Å². The Balaban J connectivity index is 3.19. The third-order valence-electron chi connectivity index (χ3n) is 4.58. The molecule has 3 nitrogen and oxygen atoms in total. The Labute approximate surface area is 135 Å². The summed E-state index contributed by atoms with van der Waals surface area (Å²) in [5.41, 5.74) is 6.08. The molecule has 0 aromatic carbocycles. The van der Waals surface area contributed by atoms with Crippen LogP contribution in [-0.2, 0) is 4.74 Å². The van der Waals surface area contributed by atoms with Crippen LogP contribution >= 0.6 is 11.6 Å². The van der Waals surface area contributed by atoms with E-state index in [-0.39, 0.29) is 17.5 Å². The van der Waals surface area contributed by atoms with Gasteiger partial charge in [-0.15, -0.1) is 18.0 Å². The topological polar surface area (TPSA) is 35.2 Å². The fourth-order valence-electron chi connectivity index (χ4n) is 3.34. The van der Waals surface area contributed by atoms with E-state index in [1.165, 1.54) is 0 Å². The minimum absolute atomic E-state index is 0.00780. The molecular formula is C15H25ClF3N2O+. The molecule has 7 heteroatoms. The lowest BCUT2D eigenvalue weighted by molar-refractivity contribution is -1.00. The number of piperidine rings is 1. The van der Waals surface area contributed by atoms with Gasteiger partial charge in [-0.1, -0.05) is 19.3 Å². The van der Waals surface area contributed by atoms with E-state index in [4.69, 9.17) is 28.5 Å². The largest absolute Gasteiger partial charge is 0.398 e. The third-order valence-corrected chi connectivity index (χ3v) is 4.97. The first kappa shape index (κ1) is 19.6. The number of terminal acetylenes is 1. The number of quaternary nitrogens is 1. The van der Waals surface area contributed by atoms with Crippen LogP contribution in [0.25, 0.3) is 0 Å². The summed E-state index contributed by atoms with van der Waals surface area (Å²) < 4.78 is 45.6. The molecule has 1 heterocycles. The van der Waals surface area contributed by atoms with Crippen molar-refractivity contribution in [1.29, 1.82) is 0 Å². The maximum atomic E-state index is 13.3. The van der Waals surface area contributed by atoms with Gasteiger partial charge in [0.05, 0.1) is 13.1 Å². The highest BCUT2D eigenvalue weighted by Gasteiger charge is 2.60.